The Morgan fingerprint density at radius 3 is 2.92 bits per heavy atom. The molecule has 1 unspecified atom stereocenters. The minimum Gasteiger partial charge on any atom is -0.379 e. The number of halogens is 2. The van der Waals surface area contributed by atoms with Crippen LogP contribution in [0.3, 0.4) is 0 Å². The van der Waals surface area contributed by atoms with Crippen molar-refractivity contribution < 1.29 is 9.18 Å². The van der Waals surface area contributed by atoms with E-state index in [9.17, 15) is 9.18 Å². The van der Waals surface area contributed by atoms with Crippen LogP contribution in [0.2, 0.25) is 5.15 Å². The van der Waals surface area contributed by atoms with Gasteiger partial charge in [0, 0.05) is 17.5 Å². The Morgan fingerprint density at radius 1 is 1.40 bits per heavy atom. The number of pyridine rings is 1. The summed E-state index contributed by atoms with van der Waals surface area (Å²) >= 11 is 7.29. The molecule has 0 saturated heterocycles. The first-order valence-electron chi connectivity index (χ1n) is 7.58. The zero-order valence-electron chi connectivity index (χ0n) is 13.4. The van der Waals surface area contributed by atoms with Crippen molar-refractivity contribution in [2.24, 2.45) is 10.7 Å². The summed E-state index contributed by atoms with van der Waals surface area (Å²) in [4.78, 5) is 20.6. The summed E-state index contributed by atoms with van der Waals surface area (Å²) in [7, 11) is 0. The molecule has 0 spiro atoms. The maximum Gasteiger partial charge on any atom is 0.255 e. The van der Waals surface area contributed by atoms with E-state index in [4.69, 9.17) is 17.3 Å². The number of aromatic nitrogens is 1. The van der Waals surface area contributed by atoms with Gasteiger partial charge in [0.15, 0.2) is 5.17 Å². The first-order chi connectivity index (χ1) is 11.9. The van der Waals surface area contributed by atoms with Gasteiger partial charge in [0.25, 0.3) is 5.91 Å². The molecule has 0 fully saturated rings. The van der Waals surface area contributed by atoms with Crippen LogP contribution in [0.1, 0.15) is 29.3 Å². The molecule has 1 aliphatic heterocycles. The molecule has 1 aromatic carbocycles. The highest BCUT2D eigenvalue weighted by Crippen LogP contribution is 2.36. The largest absolute Gasteiger partial charge is 0.379 e. The van der Waals surface area contributed by atoms with Crippen LogP contribution < -0.4 is 11.1 Å². The van der Waals surface area contributed by atoms with Crippen LogP contribution in [0, 0.1) is 5.82 Å². The lowest BCUT2D eigenvalue weighted by Crippen LogP contribution is -2.29. The molecule has 1 amide bonds. The van der Waals surface area contributed by atoms with Crippen molar-refractivity contribution in [3.8, 4) is 0 Å². The third kappa shape index (κ3) is 3.93. The number of aliphatic imine (C=N–C) groups is 1. The molecule has 0 saturated carbocycles. The molecule has 25 heavy (non-hydrogen) atoms. The summed E-state index contributed by atoms with van der Waals surface area (Å²) in [5, 5.41) is 3.28. The number of hydrogen-bond acceptors (Lipinski definition) is 5. The van der Waals surface area contributed by atoms with Gasteiger partial charge in [0.2, 0.25) is 0 Å². The molecule has 3 rings (SSSR count). The van der Waals surface area contributed by atoms with Crippen LogP contribution in [0.25, 0.3) is 0 Å². The molecule has 0 radical (unpaired) electrons. The zero-order chi connectivity index (χ0) is 18.0. The molecule has 1 atom stereocenters. The van der Waals surface area contributed by atoms with Gasteiger partial charge in [-0.25, -0.2) is 9.37 Å². The molecular weight excluding hydrogens is 363 g/mol. The quantitative estimate of drug-likeness (QED) is 0.796. The summed E-state index contributed by atoms with van der Waals surface area (Å²) in [5.74, 6) is -0.156. The Hall–Kier alpha value is -2.12. The number of nitrogens with two attached hydrogens (primary N) is 1. The maximum absolute atomic E-state index is 14.2. The molecule has 3 N–H and O–H groups in total. The fourth-order valence-electron chi connectivity index (χ4n) is 2.59. The van der Waals surface area contributed by atoms with Gasteiger partial charge < -0.3 is 11.1 Å². The molecule has 1 aromatic heterocycles. The van der Waals surface area contributed by atoms with Crippen molar-refractivity contribution in [2.45, 2.75) is 18.9 Å². The maximum atomic E-state index is 14.2. The minimum absolute atomic E-state index is 0.0867. The predicted molar refractivity (Wildman–Crippen MR) is 99.6 cm³/mol. The Bertz CT molecular complexity index is 860. The van der Waals surface area contributed by atoms with Gasteiger partial charge in [0.1, 0.15) is 11.0 Å². The van der Waals surface area contributed by atoms with Gasteiger partial charge in [0.05, 0.1) is 11.2 Å². The topological polar surface area (TPSA) is 80.4 Å². The van der Waals surface area contributed by atoms with E-state index in [0.29, 0.717) is 10.7 Å². The summed E-state index contributed by atoms with van der Waals surface area (Å²) in [6.45, 7) is 1.95. The number of carbonyl (C=O) groups excluding carboxylic acids is 1. The van der Waals surface area contributed by atoms with E-state index in [0.717, 1.165) is 17.7 Å². The van der Waals surface area contributed by atoms with Gasteiger partial charge in [-0.05, 0) is 43.2 Å². The number of rotatable bonds is 3. The molecule has 8 heteroatoms. The minimum atomic E-state index is -0.539. The van der Waals surface area contributed by atoms with Crippen LogP contribution in [-0.4, -0.2) is 21.8 Å². The number of amidine groups is 1. The second-order valence-electron chi connectivity index (χ2n) is 5.84. The fraction of sp³-hybridized carbons (Fsp3) is 0.235. The van der Waals surface area contributed by atoms with E-state index in [1.807, 2.05) is 6.92 Å². The van der Waals surface area contributed by atoms with Crippen molar-refractivity contribution in [1.29, 1.82) is 0 Å². The summed E-state index contributed by atoms with van der Waals surface area (Å²) in [6.07, 6.45) is 2.19. The normalized spacial score (nSPS) is 20.0. The molecule has 2 aromatic rings. The van der Waals surface area contributed by atoms with Crippen LogP contribution in [0.4, 0.5) is 10.1 Å². The van der Waals surface area contributed by atoms with Crippen molar-refractivity contribution in [3.05, 3.63) is 58.6 Å². The number of benzene rings is 1. The van der Waals surface area contributed by atoms with Crippen LogP contribution in [0.5, 0.6) is 0 Å². The van der Waals surface area contributed by atoms with E-state index in [2.05, 4.69) is 15.3 Å². The molecule has 0 bridgehead atoms. The number of thioether (sulfide) groups is 1. The van der Waals surface area contributed by atoms with Crippen molar-refractivity contribution in [3.63, 3.8) is 0 Å². The Morgan fingerprint density at radius 2 is 2.20 bits per heavy atom. The first-order valence-corrected chi connectivity index (χ1v) is 8.95. The Kier molecular flexibility index (Phi) is 4.96. The van der Waals surface area contributed by atoms with Gasteiger partial charge >= 0.3 is 0 Å². The number of amides is 1. The monoisotopic (exact) mass is 378 g/mol. The highest BCUT2D eigenvalue weighted by molar-refractivity contribution is 8.13. The number of carbonyl (C=O) groups is 1. The van der Waals surface area contributed by atoms with E-state index < -0.39 is 17.3 Å². The van der Waals surface area contributed by atoms with Gasteiger partial charge in [-0.1, -0.05) is 29.4 Å². The highest BCUT2D eigenvalue weighted by Gasteiger charge is 2.30. The van der Waals surface area contributed by atoms with Gasteiger partial charge in [-0.3, -0.25) is 9.79 Å². The molecule has 0 aliphatic carbocycles. The summed E-state index contributed by atoms with van der Waals surface area (Å²) in [6, 6.07) is 7.52. The lowest BCUT2D eigenvalue weighted by atomic mass is 9.89. The number of hydrogen-bond donors (Lipinski definition) is 2. The third-order valence-corrected chi connectivity index (χ3v) is 5.02. The van der Waals surface area contributed by atoms with Crippen molar-refractivity contribution in [1.82, 2.24) is 4.98 Å². The molecule has 1 aliphatic rings. The smallest absolute Gasteiger partial charge is 0.255 e. The Balaban J connectivity index is 1.90. The Labute approximate surface area is 153 Å². The summed E-state index contributed by atoms with van der Waals surface area (Å²) < 4.78 is 14.2. The second kappa shape index (κ2) is 7.01. The summed E-state index contributed by atoms with van der Waals surface area (Å²) in [5.41, 5.74) is 6.48. The standard InChI is InChI=1S/C17H16ClFN4OS/c1-17(5-7-25-16(20)23-17)11-2-3-12(19)13(9-11)22-15(24)10-4-6-21-14(18)8-10/h2-4,6,8-9H,5,7H2,1H3,(H2,20,23)(H,22,24). The van der Waals surface area contributed by atoms with Gasteiger partial charge in [-0.2, -0.15) is 0 Å². The first kappa shape index (κ1) is 17.7. The van der Waals surface area contributed by atoms with E-state index in [-0.39, 0.29) is 10.8 Å². The van der Waals surface area contributed by atoms with Gasteiger partial charge in [-0.15, -0.1) is 0 Å². The van der Waals surface area contributed by atoms with Crippen molar-refractivity contribution in [2.75, 3.05) is 11.1 Å². The number of anilines is 1. The fourth-order valence-corrected chi connectivity index (χ4v) is 3.74. The molecule has 5 nitrogen and oxygen atoms in total. The van der Waals surface area contributed by atoms with E-state index in [1.165, 1.54) is 36.2 Å². The number of nitrogens with one attached hydrogen (secondary N) is 1. The molecular formula is C17H16ClFN4OS. The second-order valence-corrected chi connectivity index (χ2v) is 7.34. The number of nitrogens with zero attached hydrogens (tertiary/aromatic N) is 2. The third-order valence-electron chi connectivity index (χ3n) is 4.02. The lowest BCUT2D eigenvalue weighted by molar-refractivity contribution is 0.102. The molecule has 130 valence electrons. The van der Waals surface area contributed by atoms with Crippen LogP contribution in [0.15, 0.2) is 41.5 Å². The zero-order valence-corrected chi connectivity index (χ0v) is 15.0. The van der Waals surface area contributed by atoms with Crippen molar-refractivity contribution >= 4 is 40.1 Å². The molecule has 2 heterocycles. The highest BCUT2D eigenvalue weighted by atomic mass is 35.5. The van der Waals surface area contributed by atoms with E-state index >= 15 is 0 Å². The lowest BCUT2D eigenvalue weighted by Gasteiger charge is -2.30. The van der Waals surface area contributed by atoms with E-state index in [1.54, 1.807) is 12.1 Å². The SMILES string of the molecule is CC1(c2ccc(F)c(NC(=O)c3ccnc(Cl)c3)c2)CCSC(N)=N1. The van der Waals surface area contributed by atoms with Crippen LogP contribution in [-0.2, 0) is 5.54 Å². The predicted octanol–water partition coefficient (Wildman–Crippen LogP) is 3.79. The van der Waals surface area contributed by atoms with Crippen LogP contribution >= 0.6 is 23.4 Å². The average Bonchev–Trinajstić information content (AvgIpc) is 2.56. The average molecular weight is 379 g/mol.